The maximum atomic E-state index is 12.1. The van der Waals surface area contributed by atoms with Crippen LogP contribution in [0.3, 0.4) is 0 Å². The number of carbonyl (C=O) groups excluding carboxylic acids is 1. The van der Waals surface area contributed by atoms with Gasteiger partial charge in [-0.2, -0.15) is 0 Å². The monoisotopic (exact) mass is 312 g/mol. The Balaban J connectivity index is 1.58. The van der Waals surface area contributed by atoms with Gasteiger partial charge in [-0.1, -0.05) is 17.3 Å². The molecule has 1 aromatic heterocycles. The Kier molecular flexibility index (Phi) is 4.76. The molecule has 120 valence electrons. The number of ether oxygens (including phenoxy) is 1. The molecule has 0 aliphatic heterocycles. The third-order valence-corrected chi connectivity index (χ3v) is 4.02. The van der Waals surface area contributed by atoms with E-state index < -0.39 is 0 Å². The summed E-state index contributed by atoms with van der Waals surface area (Å²) in [5, 5.41) is 6.95. The number of hydrogen-bond donors (Lipinski definition) is 1. The molecule has 1 aromatic carbocycles. The van der Waals surface area contributed by atoms with E-state index in [4.69, 9.17) is 9.26 Å². The predicted octanol–water partition coefficient (Wildman–Crippen LogP) is 3.32. The van der Waals surface area contributed by atoms with E-state index in [2.05, 4.69) is 22.6 Å². The SMILES string of the molecule is COc1ccc(-c2cc(CNC(=O)[C@@H]3CC=CCC3)no2)cc1. The molecule has 0 spiro atoms. The van der Waals surface area contributed by atoms with Crippen LogP contribution in [-0.4, -0.2) is 18.2 Å². The second-order valence-corrected chi connectivity index (χ2v) is 5.61. The molecule has 0 bridgehead atoms. The van der Waals surface area contributed by atoms with Crippen LogP contribution in [0.2, 0.25) is 0 Å². The molecule has 1 N–H and O–H groups in total. The molecular weight excluding hydrogens is 292 g/mol. The lowest BCUT2D eigenvalue weighted by atomic mass is 9.94. The van der Waals surface area contributed by atoms with Gasteiger partial charge in [0.2, 0.25) is 5.91 Å². The first kappa shape index (κ1) is 15.3. The van der Waals surface area contributed by atoms with Crippen LogP contribution in [0, 0.1) is 5.92 Å². The third-order valence-electron chi connectivity index (χ3n) is 4.02. The van der Waals surface area contributed by atoms with E-state index in [1.165, 1.54) is 0 Å². The summed E-state index contributed by atoms with van der Waals surface area (Å²) in [4.78, 5) is 12.1. The van der Waals surface area contributed by atoms with Crippen LogP contribution in [0.4, 0.5) is 0 Å². The zero-order valence-corrected chi connectivity index (χ0v) is 13.1. The predicted molar refractivity (Wildman–Crippen MR) is 86.8 cm³/mol. The second kappa shape index (κ2) is 7.13. The summed E-state index contributed by atoms with van der Waals surface area (Å²) in [5.74, 6) is 1.64. The van der Waals surface area contributed by atoms with Crippen molar-refractivity contribution in [2.75, 3.05) is 7.11 Å². The van der Waals surface area contributed by atoms with Crippen molar-refractivity contribution in [1.29, 1.82) is 0 Å². The van der Waals surface area contributed by atoms with E-state index in [1.807, 2.05) is 30.3 Å². The standard InChI is InChI=1S/C18H20N2O3/c1-22-16-9-7-13(8-10-16)17-11-15(20-23-17)12-19-18(21)14-5-3-2-4-6-14/h2-3,7-11,14H,4-6,12H2,1H3,(H,19,21)/t14-/m1/s1. The Morgan fingerprint density at radius 1 is 1.35 bits per heavy atom. The van der Waals surface area contributed by atoms with Crippen LogP contribution < -0.4 is 10.1 Å². The van der Waals surface area contributed by atoms with Gasteiger partial charge in [-0.15, -0.1) is 0 Å². The van der Waals surface area contributed by atoms with Crippen LogP contribution in [0.1, 0.15) is 25.0 Å². The quantitative estimate of drug-likeness (QED) is 0.860. The fraction of sp³-hybridized carbons (Fsp3) is 0.333. The lowest BCUT2D eigenvalue weighted by Gasteiger charge is -2.16. The minimum Gasteiger partial charge on any atom is -0.497 e. The molecule has 1 amide bonds. The van der Waals surface area contributed by atoms with Gasteiger partial charge in [0.25, 0.3) is 0 Å². The van der Waals surface area contributed by atoms with Crippen molar-refractivity contribution in [3.05, 3.63) is 48.2 Å². The van der Waals surface area contributed by atoms with E-state index in [9.17, 15) is 4.79 Å². The molecule has 1 atom stereocenters. The number of allylic oxidation sites excluding steroid dienone is 2. The summed E-state index contributed by atoms with van der Waals surface area (Å²) in [5.41, 5.74) is 1.64. The highest BCUT2D eigenvalue weighted by atomic mass is 16.5. The van der Waals surface area contributed by atoms with Crippen LogP contribution >= 0.6 is 0 Å². The van der Waals surface area contributed by atoms with Crippen molar-refractivity contribution in [1.82, 2.24) is 10.5 Å². The van der Waals surface area contributed by atoms with Gasteiger partial charge in [-0.3, -0.25) is 4.79 Å². The second-order valence-electron chi connectivity index (χ2n) is 5.61. The van der Waals surface area contributed by atoms with Crippen molar-refractivity contribution in [3.8, 4) is 17.1 Å². The van der Waals surface area contributed by atoms with Crippen LogP contribution in [0.15, 0.2) is 47.0 Å². The zero-order chi connectivity index (χ0) is 16.1. The number of aromatic nitrogens is 1. The minimum atomic E-state index is 0.0768. The molecule has 0 unspecified atom stereocenters. The molecule has 1 aliphatic rings. The van der Waals surface area contributed by atoms with E-state index in [-0.39, 0.29) is 11.8 Å². The fourth-order valence-electron chi connectivity index (χ4n) is 2.64. The first-order valence-corrected chi connectivity index (χ1v) is 7.79. The number of nitrogens with zero attached hydrogens (tertiary/aromatic N) is 1. The highest BCUT2D eigenvalue weighted by Crippen LogP contribution is 2.23. The van der Waals surface area contributed by atoms with Crippen LogP contribution in [0.5, 0.6) is 5.75 Å². The molecule has 0 radical (unpaired) electrons. The molecule has 2 aromatic rings. The Morgan fingerprint density at radius 3 is 2.87 bits per heavy atom. The van der Waals surface area contributed by atoms with Gasteiger partial charge in [0, 0.05) is 17.5 Å². The highest BCUT2D eigenvalue weighted by molar-refractivity contribution is 5.78. The molecule has 0 fully saturated rings. The Bertz CT molecular complexity index is 689. The van der Waals surface area contributed by atoms with Gasteiger partial charge in [0.05, 0.1) is 13.7 Å². The van der Waals surface area contributed by atoms with Gasteiger partial charge in [-0.25, -0.2) is 0 Å². The van der Waals surface area contributed by atoms with Crippen molar-refractivity contribution >= 4 is 5.91 Å². The molecule has 3 rings (SSSR count). The smallest absolute Gasteiger partial charge is 0.223 e. The number of rotatable bonds is 5. The topological polar surface area (TPSA) is 64.4 Å². The summed E-state index contributed by atoms with van der Waals surface area (Å²) >= 11 is 0. The lowest BCUT2D eigenvalue weighted by Crippen LogP contribution is -2.30. The maximum Gasteiger partial charge on any atom is 0.223 e. The first-order chi connectivity index (χ1) is 11.3. The maximum absolute atomic E-state index is 12.1. The molecule has 1 aliphatic carbocycles. The Hall–Kier alpha value is -2.56. The van der Waals surface area contributed by atoms with E-state index >= 15 is 0 Å². The summed E-state index contributed by atoms with van der Waals surface area (Å²) in [7, 11) is 1.63. The molecular formula is C18H20N2O3. The summed E-state index contributed by atoms with van der Waals surface area (Å²) in [6.07, 6.45) is 6.91. The van der Waals surface area contributed by atoms with E-state index in [0.29, 0.717) is 12.3 Å². The van der Waals surface area contributed by atoms with Crippen LogP contribution in [0.25, 0.3) is 11.3 Å². The molecule has 1 heterocycles. The third kappa shape index (κ3) is 3.80. The minimum absolute atomic E-state index is 0.0768. The molecule has 0 saturated carbocycles. The number of carbonyl (C=O) groups is 1. The summed E-state index contributed by atoms with van der Waals surface area (Å²) in [6, 6.07) is 9.42. The number of hydrogen-bond acceptors (Lipinski definition) is 4. The number of amides is 1. The van der Waals surface area contributed by atoms with Gasteiger partial charge in [0.1, 0.15) is 11.4 Å². The number of nitrogens with one attached hydrogen (secondary N) is 1. The van der Waals surface area contributed by atoms with Gasteiger partial charge < -0.3 is 14.6 Å². The Morgan fingerprint density at radius 2 is 2.17 bits per heavy atom. The number of benzene rings is 1. The van der Waals surface area contributed by atoms with Crippen molar-refractivity contribution in [3.63, 3.8) is 0 Å². The number of methoxy groups -OCH3 is 1. The Labute approximate surface area is 135 Å². The fourth-order valence-corrected chi connectivity index (χ4v) is 2.64. The molecule has 0 saturated heterocycles. The van der Waals surface area contributed by atoms with Gasteiger partial charge in [-0.05, 0) is 43.5 Å². The summed E-state index contributed by atoms with van der Waals surface area (Å²) < 4.78 is 10.5. The largest absolute Gasteiger partial charge is 0.497 e. The average molecular weight is 312 g/mol. The van der Waals surface area contributed by atoms with Crippen molar-refractivity contribution in [2.24, 2.45) is 5.92 Å². The van der Waals surface area contributed by atoms with E-state index in [0.717, 1.165) is 36.3 Å². The van der Waals surface area contributed by atoms with Crippen LogP contribution in [-0.2, 0) is 11.3 Å². The van der Waals surface area contributed by atoms with Crippen molar-refractivity contribution < 1.29 is 14.1 Å². The zero-order valence-electron chi connectivity index (χ0n) is 13.1. The molecule has 5 heteroatoms. The first-order valence-electron chi connectivity index (χ1n) is 7.79. The lowest BCUT2D eigenvalue weighted by molar-refractivity contribution is -0.125. The average Bonchev–Trinajstić information content (AvgIpc) is 3.09. The molecule has 5 nitrogen and oxygen atoms in total. The highest BCUT2D eigenvalue weighted by Gasteiger charge is 2.18. The summed E-state index contributed by atoms with van der Waals surface area (Å²) in [6.45, 7) is 0.388. The normalized spacial score (nSPS) is 17.0. The van der Waals surface area contributed by atoms with Crippen molar-refractivity contribution in [2.45, 2.75) is 25.8 Å². The van der Waals surface area contributed by atoms with Gasteiger partial charge in [0.15, 0.2) is 5.76 Å². The van der Waals surface area contributed by atoms with E-state index in [1.54, 1.807) is 7.11 Å². The van der Waals surface area contributed by atoms with Gasteiger partial charge >= 0.3 is 0 Å². The molecule has 23 heavy (non-hydrogen) atoms.